The Morgan fingerprint density at radius 1 is 1.26 bits per heavy atom. The Kier molecular flexibility index (Phi) is 9.73. The number of hydrogen-bond donors (Lipinski definition) is 2. The zero-order chi connectivity index (χ0) is 15.8. The third-order valence-electron chi connectivity index (χ3n) is 2.98. The number of nitrogens with one attached hydrogen (secondary N) is 2. The number of hydrogen-bond acceptors (Lipinski definition) is 3. The van der Waals surface area contributed by atoms with E-state index < -0.39 is 0 Å². The van der Waals surface area contributed by atoms with Crippen molar-refractivity contribution in [2.45, 2.75) is 26.8 Å². The number of halogens is 2. The summed E-state index contributed by atoms with van der Waals surface area (Å²) in [7, 11) is 0. The molecule has 2 aromatic rings. The van der Waals surface area contributed by atoms with Gasteiger partial charge in [-0.1, -0.05) is 28.1 Å². The van der Waals surface area contributed by atoms with Crippen LogP contribution in [-0.2, 0) is 13.0 Å². The highest BCUT2D eigenvalue weighted by Crippen LogP contribution is 2.12. The van der Waals surface area contributed by atoms with Crippen molar-refractivity contribution in [2.24, 2.45) is 4.99 Å². The molecular formula is C16H22BrIN4S. The van der Waals surface area contributed by atoms with Gasteiger partial charge in [0.15, 0.2) is 5.96 Å². The lowest BCUT2D eigenvalue weighted by Crippen LogP contribution is -2.38. The lowest BCUT2D eigenvalue weighted by Gasteiger charge is -2.10. The Morgan fingerprint density at radius 3 is 2.61 bits per heavy atom. The van der Waals surface area contributed by atoms with Gasteiger partial charge in [-0.2, -0.15) is 0 Å². The molecule has 0 spiro atoms. The van der Waals surface area contributed by atoms with Gasteiger partial charge in [0, 0.05) is 35.1 Å². The predicted molar refractivity (Wildman–Crippen MR) is 113 cm³/mol. The Balaban J connectivity index is 0.00000264. The number of aromatic nitrogens is 1. The normalized spacial score (nSPS) is 11.0. The van der Waals surface area contributed by atoms with Crippen LogP contribution in [0.2, 0.25) is 0 Å². The molecular weight excluding hydrogens is 487 g/mol. The molecule has 1 aromatic carbocycles. The van der Waals surface area contributed by atoms with Gasteiger partial charge in [0.2, 0.25) is 0 Å². The molecule has 0 radical (unpaired) electrons. The van der Waals surface area contributed by atoms with Crippen LogP contribution in [0, 0.1) is 6.92 Å². The maximum absolute atomic E-state index is 4.61. The van der Waals surface area contributed by atoms with Crippen molar-refractivity contribution >= 4 is 57.2 Å². The van der Waals surface area contributed by atoms with Gasteiger partial charge in [0.1, 0.15) is 0 Å². The minimum absolute atomic E-state index is 0. The Morgan fingerprint density at radius 2 is 2.00 bits per heavy atom. The third kappa shape index (κ3) is 7.63. The highest BCUT2D eigenvalue weighted by Gasteiger charge is 2.01. The van der Waals surface area contributed by atoms with Crippen molar-refractivity contribution < 1.29 is 0 Å². The predicted octanol–water partition coefficient (Wildman–Crippen LogP) is 4.13. The fourth-order valence-corrected chi connectivity index (χ4v) is 2.96. The van der Waals surface area contributed by atoms with Gasteiger partial charge in [-0.15, -0.1) is 35.3 Å². The first-order chi connectivity index (χ1) is 10.7. The fraction of sp³-hybridized carbons (Fsp3) is 0.375. The zero-order valence-electron chi connectivity index (χ0n) is 13.3. The molecule has 0 amide bonds. The summed E-state index contributed by atoms with van der Waals surface area (Å²) in [4.78, 5) is 10.2. The monoisotopic (exact) mass is 508 g/mol. The van der Waals surface area contributed by atoms with Gasteiger partial charge in [0.05, 0.1) is 11.6 Å². The molecule has 0 saturated carbocycles. The first kappa shape index (κ1) is 20.4. The van der Waals surface area contributed by atoms with E-state index >= 15 is 0 Å². The van der Waals surface area contributed by atoms with Crippen LogP contribution in [0.1, 0.15) is 22.4 Å². The molecule has 0 saturated heterocycles. The summed E-state index contributed by atoms with van der Waals surface area (Å²) in [6.45, 7) is 6.50. The van der Waals surface area contributed by atoms with Crippen molar-refractivity contribution in [2.75, 3.05) is 13.1 Å². The number of nitrogens with zero attached hydrogens (tertiary/aromatic N) is 2. The second-order valence-electron chi connectivity index (χ2n) is 4.86. The largest absolute Gasteiger partial charge is 0.357 e. The molecule has 0 fully saturated rings. The van der Waals surface area contributed by atoms with Crippen LogP contribution >= 0.6 is 51.2 Å². The van der Waals surface area contributed by atoms with E-state index in [1.165, 1.54) is 10.4 Å². The first-order valence-corrected chi connectivity index (χ1v) is 8.96. The fourth-order valence-electron chi connectivity index (χ4n) is 1.91. The topological polar surface area (TPSA) is 49.3 Å². The first-order valence-electron chi connectivity index (χ1n) is 7.35. The summed E-state index contributed by atoms with van der Waals surface area (Å²) >= 11 is 5.19. The van der Waals surface area contributed by atoms with Gasteiger partial charge in [-0.25, -0.2) is 9.98 Å². The van der Waals surface area contributed by atoms with Crippen molar-refractivity contribution in [1.82, 2.24) is 15.6 Å². The molecule has 2 N–H and O–H groups in total. The standard InChI is InChI=1S/C16H21BrN4S.HI/c1-3-18-16(19-9-8-15-20-10-12(2)22-15)21-11-13-4-6-14(17)7-5-13;/h4-7,10H,3,8-9,11H2,1-2H3,(H2,18,19,21);1H. The molecule has 1 aromatic heterocycles. The molecule has 2 rings (SSSR count). The number of aryl methyl sites for hydroxylation is 1. The minimum Gasteiger partial charge on any atom is -0.357 e. The van der Waals surface area contributed by atoms with Gasteiger partial charge in [0.25, 0.3) is 0 Å². The van der Waals surface area contributed by atoms with Gasteiger partial charge < -0.3 is 10.6 Å². The van der Waals surface area contributed by atoms with Crippen LogP contribution in [0.4, 0.5) is 0 Å². The molecule has 0 aliphatic heterocycles. The number of aliphatic imine (C=N–C) groups is 1. The second kappa shape index (κ2) is 11.0. The van der Waals surface area contributed by atoms with E-state index in [1.54, 1.807) is 11.3 Å². The highest BCUT2D eigenvalue weighted by molar-refractivity contribution is 14.0. The van der Waals surface area contributed by atoms with E-state index in [1.807, 2.05) is 18.3 Å². The maximum atomic E-state index is 4.61. The average molecular weight is 509 g/mol. The van der Waals surface area contributed by atoms with Crippen LogP contribution in [0.3, 0.4) is 0 Å². The summed E-state index contributed by atoms with van der Waals surface area (Å²) in [6, 6.07) is 8.23. The van der Waals surface area contributed by atoms with Crippen molar-refractivity contribution in [3.8, 4) is 0 Å². The van der Waals surface area contributed by atoms with Crippen LogP contribution in [-0.4, -0.2) is 24.0 Å². The molecule has 7 heteroatoms. The molecule has 4 nitrogen and oxygen atoms in total. The quantitative estimate of drug-likeness (QED) is 0.350. The van der Waals surface area contributed by atoms with E-state index in [0.717, 1.165) is 35.0 Å². The summed E-state index contributed by atoms with van der Waals surface area (Å²) in [5.74, 6) is 0.846. The summed E-state index contributed by atoms with van der Waals surface area (Å²) in [5, 5.41) is 7.79. The Labute approximate surface area is 167 Å². The summed E-state index contributed by atoms with van der Waals surface area (Å²) < 4.78 is 1.09. The Bertz CT molecular complexity index is 613. The van der Waals surface area contributed by atoms with E-state index in [9.17, 15) is 0 Å². The average Bonchev–Trinajstić information content (AvgIpc) is 2.92. The summed E-state index contributed by atoms with van der Waals surface area (Å²) in [5.41, 5.74) is 1.19. The molecule has 0 bridgehead atoms. The molecule has 0 aliphatic rings. The maximum Gasteiger partial charge on any atom is 0.191 e. The molecule has 126 valence electrons. The van der Waals surface area contributed by atoms with Crippen molar-refractivity contribution in [3.05, 3.63) is 50.4 Å². The third-order valence-corrected chi connectivity index (χ3v) is 4.48. The Hall–Kier alpha value is -0.670. The van der Waals surface area contributed by atoms with Crippen LogP contribution in [0.15, 0.2) is 39.9 Å². The van der Waals surface area contributed by atoms with Crippen LogP contribution < -0.4 is 10.6 Å². The van der Waals surface area contributed by atoms with Gasteiger partial charge in [-0.05, 0) is 31.5 Å². The van der Waals surface area contributed by atoms with E-state index in [0.29, 0.717) is 6.54 Å². The van der Waals surface area contributed by atoms with Crippen LogP contribution in [0.5, 0.6) is 0 Å². The molecule has 1 heterocycles. The lowest BCUT2D eigenvalue weighted by atomic mass is 10.2. The molecule has 0 atom stereocenters. The minimum atomic E-state index is 0. The smallest absolute Gasteiger partial charge is 0.191 e. The van der Waals surface area contributed by atoms with E-state index in [2.05, 4.69) is 62.5 Å². The highest BCUT2D eigenvalue weighted by atomic mass is 127. The molecule has 23 heavy (non-hydrogen) atoms. The van der Waals surface area contributed by atoms with E-state index in [-0.39, 0.29) is 24.0 Å². The number of thiazole rings is 1. The van der Waals surface area contributed by atoms with Gasteiger partial charge in [-0.3, -0.25) is 0 Å². The number of benzene rings is 1. The zero-order valence-corrected chi connectivity index (χ0v) is 18.0. The number of guanidine groups is 1. The van der Waals surface area contributed by atoms with Crippen LogP contribution in [0.25, 0.3) is 0 Å². The van der Waals surface area contributed by atoms with Crippen molar-refractivity contribution in [3.63, 3.8) is 0 Å². The molecule has 0 unspecified atom stereocenters. The SMILES string of the molecule is CCNC(=NCc1ccc(Br)cc1)NCCc1ncc(C)s1.I. The van der Waals surface area contributed by atoms with E-state index in [4.69, 9.17) is 0 Å². The molecule has 0 aliphatic carbocycles. The van der Waals surface area contributed by atoms with Crippen molar-refractivity contribution in [1.29, 1.82) is 0 Å². The second-order valence-corrected chi connectivity index (χ2v) is 7.10. The van der Waals surface area contributed by atoms with Gasteiger partial charge >= 0.3 is 0 Å². The lowest BCUT2D eigenvalue weighted by molar-refractivity contribution is 0.796. The summed E-state index contributed by atoms with van der Waals surface area (Å²) in [6.07, 6.45) is 2.84. The number of rotatable bonds is 6.